The fourth-order valence-corrected chi connectivity index (χ4v) is 2.98. The van der Waals surface area contributed by atoms with Crippen molar-refractivity contribution < 1.29 is 13.9 Å². The lowest BCUT2D eigenvalue weighted by molar-refractivity contribution is 0.0758. The first-order valence-electron chi connectivity index (χ1n) is 6.86. The van der Waals surface area contributed by atoms with E-state index >= 15 is 0 Å². The summed E-state index contributed by atoms with van der Waals surface area (Å²) in [6, 6.07) is 11.5. The van der Waals surface area contributed by atoms with Crippen LogP contribution in [0.5, 0.6) is 5.75 Å². The van der Waals surface area contributed by atoms with Crippen LogP contribution >= 0.6 is 15.9 Å². The molecule has 4 nitrogen and oxygen atoms in total. The van der Waals surface area contributed by atoms with E-state index in [0.29, 0.717) is 16.3 Å². The molecular formula is C16H16BrNO3. The van der Waals surface area contributed by atoms with Gasteiger partial charge < -0.3 is 14.1 Å². The molecule has 21 heavy (non-hydrogen) atoms. The van der Waals surface area contributed by atoms with E-state index in [2.05, 4.69) is 28.1 Å². The fourth-order valence-electron chi connectivity index (χ4n) is 2.68. The maximum Gasteiger partial charge on any atom is 0.289 e. The molecule has 5 heteroatoms. The largest absolute Gasteiger partial charge is 0.497 e. The number of ether oxygens (including phenoxy) is 1. The molecule has 2 heterocycles. The van der Waals surface area contributed by atoms with E-state index < -0.39 is 0 Å². The van der Waals surface area contributed by atoms with E-state index in [1.54, 1.807) is 19.2 Å². The van der Waals surface area contributed by atoms with E-state index in [0.717, 1.165) is 25.3 Å². The SMILES string of the molecule is COc1ccc(C2CCN(C(=O)c3ccc(Br)o3)C2)cc1. The van der Waals surface area contributed by atoms with Crippen molar-refractivity contribution in [3.8, 4) is 5.75 Å². The average molecular weight is 350 g/mol. The van der Waals surface area contributed by atoms with E-state index in [1.165, 1.54) is 5.56 Å². The van der Waals surface area contributed by atoms with Gasteiger partial charge in [-0.2, -0.15) is 0 Å². The van der Waals surface area contributed by atoms with Gasteiger partial charge >= 0.3 is 0 Å². The van der Waals surface area contributed by atoms with Crippen LogP contribution in [-0.4, -0.2) is 31.0 Å². The second-order valence-electron chi connectivity index (χ2n) is 5.11. The van der Waals surface area contributed by atoms with Crippen molar-refractivity contribution in [1.82, 2.24) is 4.90 Å². The molecule has 1 aromatic heterocycles. The highest BCUT2D eigenvalue weighted by Crippen LogP contribution is 2.29. The molecular weight excluding hydrogens is 334 g/mol. The van der Waals surface area contributed by atoms with Gasteiger partial charge in [0.1, 0.15) is 5.75 Å². The zero-order chi connectivity index (χ0) is 14.8. The van der Waals surface area contributed by atoms with Crippen molar-refractivity contribution >= 4 is 21.8 Å². The molecule has 0 bridgehead atoms. The number of carbonyl (C=O) groups excluding carboxylic acids is 1. The van der Waals surface area contributed by atoms with Crippen LogP contribution in [0.3, 0.4) is 0 Å². The molecule has 0 saturated carbocycles. The molecule has 1 unspecified atom stereocenters. The molecule has 1 aliphatic heterocycles. The summed E-state index contributed by atoms with van der Waals surface area (Å²) in [5, 5.41) is 0. The van der Waals surface area contributed by atoms with Gasteiger partial charge in [-0.05, 0) is 52.2 Å². The molecule has 0 radical (unpaired) electrons. The lowest BCUT2D eigenvalue weighted by atomic mass is 9.98. The lowest BCUT2D eigenvalue weighted by Gasteiger charge is -2.15. The van der Waals surface area contributed by atoms with Crippen LogP contribution in [0.25, 0.3) is 0 Å². The van der Waals surface area contributed by atoms with E-state index in [4.69, 9.17) is 9.15 Å². The normalized spacial score (nSPS) is 18.0. The molecule has 0 N–H and O–H groups in total. The first kappa shape index (κ1) is 14.2. The Morgan fingerprint density at radius 2 is 2.05 bits per heavy atom. The summed E-state index contributed by atoms with van der Waals surface area (Å²) < 4.78 is 11.1. The molecule has 1 fully saturated rings. The van der Waals surface area contributed by atoms with Gasteiger partial charge in [0.05, 0.1) is 7.11 Å². The summed E-state index contributed by atoms with van der Waals surface area (Å²) in [6.07, 6.45) is 0.972. The maximum absolute atomic E-state index is 12.3. The van der Waals surface area contributed by atoms with Gasteiger partial charge in [-0.25, -0.2) is 0 Å². The molecule has 0 aliphatic carbocycles. The Bertz CT molecular complexity index is 635. The number of methoxy groups -OCH3 is 1. The minimum absolute atomic E-state index is 0.0447. The molecule has 1 saturated heterocycles. The standard InChI is InChI=1S/C16H16BrNO3/c1-20-13-4-2-11(3-5-13)12-8-9-18(10-12)16(19)14-6-7-15(17)21-14/h2-7,12H,8-10H2,1H3. The van der Waals surface area contributed by atoms with Crippen molar-refractivity contribution in [2.45, 2.75) is 12.3 Å². The number of rotatable bonds is 3. The van der Waals surface area contributed by atoms with Crippen LogP contribution in [0.15, 0.2) is 45.5 Å². The van der Waals surface area contributed by atoms with Gasteiger partial charge in [0, 0.05) is 19.0 Å². The number of furan rings is 1. The highest BCUT2D eigenvalue weighted by atomic mass is 79.9. The van der Waals surface area contributed by atoms with Crippen LogP contribution in [0.1, 0.15) is 28.5 Å². The molecule has 3 rings (SSSR count). The van der Waals surface area contributed by atoms with Gasteiger partial charge in [0.15, 0.2) is 10.4 Å². The second kappa shape index (κ2) is 5.93. The van der Waals surface area contributed by atoms with Crippen LogP contribution in [0.4, 0.5) is 0 Å². The third-order valence-corrected chi connectivity index (χ3v) is 4.27. The molecule has 1 atom stereocenters. The molecule has 1 aliphatic rings. The summed E-state index contributed by atoms with van der Waals surface area (Å²) in [6.45, 7) is 1.48. The summed E-state index contributed by atoms with van der Waals surface area (Å²) in [4.78, 5) is 14.2. The Kier molecular flexibility index (Phi) is 4.01. The van der Waals surface area contributed by atoms with Crippen LogP contribution in [0, 0.1) is 0 Å². The number of nitrogens with zero attached hydrogens (tertiary/aromatic N) is 1. The Labute approximate surface area is 131 Å². The number of carbonyl (C=O) groups is 1. The quantitative estimate of drug-likeness (QED) is 0.848. The molecule has 110 valence electrons. The fraction of sp³-hybridized carbons (Fsp3) is 0.312. The Hall–Kier alpha value is -1.75. The highest BCUT2D eigenvalue weighted by Gasteiger charge is 2.29. The predicted molar refractivity (Wildman–Crippen MR) is 82.7 cm³/mol. The van der Waals surface area contributed by atoms with Gasteiger partial charge in [-0.3, -0.25) is 4.79 Å². The van der Waals surface area contributed by atoms with Crippen LogP contribution in [0.2, 0.25) is 0 Å². The van der Waals surface area contributed by atoms with E-state index in [9.17, 15) is 4.79 Å². The zero-order valence-corrected chi connectivity index (χ0v) is 13.3. The maximum atomic E-state index is 12.3. The Morgan fingerprint density at radius 3 is 2.67 bits per heavy atom. The number of likely N-dealkylation sites (tertiary alicyclic amines) is 1. The minimum Gasteiger partial charge on any atom is -0.497 e. The number of hydrogen-bond donors (Lipinski definition) is 0. The minimum atomic E-state index is -0.0447. The Morgan fingerprint density at radius 1 is 1.29 bits per heavy atom. The predicted octanol–water partition coefficient (Wildman–Crippen LogP) is 3.68. The van der Waals surface area contributed by atoms with E-state index in [1.807, 2.05) is 17.0 Å². The van der Waals surface area contributed by atoms with Crippen molar-refractivity contribution in [1.29, 1.82) is 0 Å². The van der Waals surface area contributed by atoms with Crippen molar-refractivity contribution in [3.63, 3.8) is 0 Å². The van der Waals surface area contributed by atoms with Crippen LogP contribution in [-0.2, 0) is 0 Å². The summed E-state index contributed by atoms with van der Waals surface area (Å²) in [5.41, 5.74) is 1.24. The lowest BCUT2D eigenvalue weighted by Crippen LogP contribution is -2.28. The van der Waals surface area contributed by atoms with Gasteiger partial charge in [0.2, 0.25) is 0 Å². The molecule has 0 spiro atoms. The third-order valence-electron chi connectivity index (χ3n) is 3.85. The molecule has 2 aromatic rings. The third kappa shape index (κ3) is 2.97. The smallest absolute Gasteiger partial charge is 0.289 e. The number of benzene rings is 1. The molecule has 1 amide bonds. The van der Waals surface area contributed by atoms with Gasteiger partial charge in [-0.15, -0.1) is 0 Å². The van der Waals surface area contributed by atoms with Gasteiger partial charge in [-0.1, -0.05) is 12.1 Å². The topological polar surface area (TPSA) is 42.7 Å². The van der Waals surface area contributed by atoms with Crippen molar-refractivity contribution in [3.05, 3.63) is 52.4 Å². The summed E-state index contributed by atoms with van der Waals surface area (Å²) in [5.74, 6) is 1.57. The molecule has 1 aromatic carbocycles. The van der Waals surface area contributed by atoms with E-state index in [-0.39, 0.29) is 5.91 Å². The highest BCUT2D eigenvalue weighted by molar-refractivity contribution is 9.10. The number of halogens is 1. The first-order chi connectivity index (χ1) is 10.2. The zero-order valence-electron chi connectivity index (χ0n) is 11.7. The van der Waals surface area contributed by atoms with Crippen molar-refractivity contribution in [2.75, 3.05) is 20.2 Å². The van der Waals surface area contributed by atoms with Gasteiger partial charge in [0.25, 0.3) is 5.91 Å². The summed E-state index contributed by atoms with van der Waals surface area (Å²) in [7, 11) is 1.66. The van der Waals surface area contributed by atoms with Crippen molar-refractivity contribution in [2.24, 2.45) is 0 Å². The summed E-state index contributed by atoms with van der Waals surface area (Å²) >= 11 is 3.22. The average Bonchev–Trinajstić information content (AvgIpc) is 3.16. The van der Waals surface area contributed by atoms with Crippen LogP contribution < -0.4 is 4.74 Å². The first-order valence-corrected chi connectivity index (χ1v) is 7.65. The Balaban J connectivity index is 1.68. The second-order valence-corrected chi connectivity index (χ2v) is 5.90. The monoisotopic (exact) mass is 349 g/mol. The number of hydrogen-bond acceptors (Lipinski definition) is 3. The number of amides is 1.